The molecular formula is C25H27N3OS2. The maximum Gasteiger partial charge on any atom is 0.173 e. The normalized spacial score (nSPS) is 10.9. The highest BCUT2D eigenvalue weighted by molar-refractivity contribution is 7.80. The van der Waals surface area contributed by atoms with Gasteiger partial charge in [0.05, 0.1) is 19.3 Å². The molecule has 160 valence electrons. The Morgan fingerprint density at radius 2 is 1.97 bits per heavy atom. The molecule has 6 heteroatoms. The maximum atomic E-state index is 5.84. The van der Waals surface area contributed by atoms with Gasteiger partial charge in [-0.05, 0) is 73.8 Å². The third-order valence-corrected chi connectivity index (χ3v) is 6.69. The SMILES string of the molecule is COc1ccccc1NC(=S)N(CCc1c(C)[nH]c2ccc(C)cc12)Cc1cccs1. The minimum atomic E-state index is 0.701. The van der Waals surface area contributed by atoms with E-state index in [9.17, 15) is 0 Å². The fourth-order valence-corrected chi connectivity index (χ4v) is 4.84. The molecular weight excluding hydrogens is 422 g/mol. The zero-order valence-corrected chi connectivity index (χ0v) is 19.7. The van der Waals surface area contributed by atoms with Gasteiger partial charge < -0.3 is 19.9 Å². The summed E-state index contributed by atoms with van der Waals surface area (Å²) in [5.74, 6) is 0.781. The number of ether oxygens (including phenoxy) is 1. The van der Waals surface area contributed by atoms with Crippen LogP contribution in [-0.2, 0) is 13.0 Å². The topological polar surface area (TPSA) is 40.3 Å². The van der Waals surface area contributed by atoms with Gasteiger partial charge in [-0.3, -0.25) is 0 Å². The third kappa shape index (κ3) is 4.92. The van der Waals surface area contributed by atoms with Gasteiger partial charge in [0.15, 0.2) is 5.11 Å². The highest BCUT2D eigenvalue weighted by atomic mass is 32.1. The smallest absolute Gasteiger partial charge is 0.173 e. The number of benzene rings is 2. The molecule has 4 aromatic rings. The van der Waals surface area contributed by atoms with E-state index in [-0.39, 0.29) is 0 Å². The molecule has 0 aliphatic heterocycles. The van der Waals surface area contributed by atoms with Crippen molar-refractivity contribution in [2.75, 3.05) is 19.0 Å². The summed E-state index contributed by atoms with van der Waals surface area (Å²) in [6.45, 7) is 5.89. The Labute approximate surface area is 192 Å². The monoisotopic (exact) mass is 449 g/mol. The summed E-state index contributed by atoms with van der Waals surface area (Å²) in [5, 5.41) is 7.51. The lowest BCUT2D eigenvalue weighted by atomic mass is 10.1. The van der Waals surface area contributed by atoms with Gasteiger partial charge in [-0.1, -0.05) is 29.8 Å². The number of hydrogen-bond acceptors (Lipinski definition) is 3. The van der Waals surface area contributed by atoms with Crippen LogP contribution in [-0.4, -0.2) is 28.7 Å². The lowest BCUT2D eigenvalue weighted by Crippen LogP contribution is -2.35. The number of nitrogens with one attached hydrogen (secondary N) is 2. The number of aromatic amines is 1. The van der Waals surface area contributed by atoms with Crippen LogP contribution < -0.4 is 10.1 Å². The van der Waals surface area contributed by atoms with E-state index in [1.54, 1.807) is 18.4 Å². The predicted octanol–water partition coefficient (Wildman–Crippen LogP) is 6.30. The van der Waals surface area contributed by atoms with E-state index in [0.29, 0.717) is 5.11 Å². The summed E-state index contributed by atoms with van der Waals surface area (Å²) in [6.07, 6.45) is 0.911. The molecule has 0 radical (unpaired) electrons. The summed E-state index contributed by atoms with van der Waals surface area (Å²) < 4.78 is 5.48. The van der Waals surface area contributed by atoms with Crippen molar-refractivity contribution in [1.82, 2.24) is 9.88 Å². The highest BCUT2D eigenvalue weighted by Crippen LogP contribution is 2.26. The number of thiophene rings is 1. The first-order valence-corrected chi connectivity index (χ1v) is 11.6. The largest absolute Gasteiger partial charge is 0.495 e. The standard InChI is InChI=1S/C25H27N3OS2/c1-17-10-11-22-21(15-17)20(18(2)26-22)12-13-28(16-19-7-6-14-31-19)25(30)27-23-8-4-5-9-24(23)29-3/h4-11,14-15,26H,12-13,16H2,1-3H3,(H,27,30). The van der Waals surface area contributed by atoms with E-state index in [1.807, 2.05) is 24.3 Å². The molecule has 4 nitrogen and oxygen atoms in total. The van der Waals surface area contributed by atoms with Crippen LogP contribution in [0.15, 0.2) is 60.0 Å². The van der Waals surface area contributed by atoms with Gasteiger partial charge in [-0.15, -0.1) is 11.3 Å². The second kappa shape index (κ2) is 9.54. The number of rotatable bonds is 7. The summed E-state index contributed by atoms with van der Waals surface area (Å²) in [6, 6.07) is 18.7. The molecule has 0 spiro atoms. The van der Waals surface area contributed by atoms with E-state index >= 15 is 0 Å². The molecule has 0 saturated heterocycles. The molecule has 4 rings (SSSR count). The molecule has 0 bridgehead atoms. The van der Waals surface area contributed by atoms with E-state index in [4.69, 9.17) is 17.0 Å². The van der Waals surface area contributed by atoms with Crippen molar-refractivity contribution in [3.63, 3.8) is 0 Å². The first kappa shape index (κ1) is 21.4. The Morgan fingerprint density at radius 1 is 1.13 bits per heavy atom. The Bertz CT molecular complexity index is 1180. The van der Waals surface area contributed by atoms with Crippen molar-refractivity contribution in [3.8, 4) is 5.75 Å². The number of nitrogens with zero attached hydrogens (tertiary/aromatic N) is 1. The van der Waals surface area contributed by atoms with Gasteiger partial charge >= 0.3 is 0 Å². The average molecular weight is 450 g/mol. The van der Waals surface area contributed by atoms with Gasteiger partial charge in [0.1, 0.15) is 5.75 Å². The number of fused-ring (bicyclic) bond motifs is 1. The lowest BCUT2D eigenvalue weighted by molar-refractivity contribution is 0.414. The van der Waals surface area contributed by atoms with Crippen molar-refractivity contribution in [1.29, 1.82) is 0 Å². The van der Waals surface area contributed by atoms with Crippen molar-refractivity contribution in [2.45, 2.75) is 26.8 Å². The predicted molar refractivity (Wildman–Crippen MR) is 135 cm³/mol. The van der Waals surface area contributed by atoms with Gasteiger partial charge in [-0.25, -0.2) is 0 Å². The zero-order chi connectivity index (χ0) is 21.8. The van der Waals surface area contributed by atoms with Crippen LogP contribution in [0.4, 0.5) is 5.69 Å². The van der Waals surface area contributed by atoms with Crippen LogP contribution >= 0.6 is 23.6 Å². The van der Waals surface area contributed by atoms with Gasteiger partial charge in [-0.2, -0.15) is 0 Å². The average Bonchev–Trinajstić information content (AvgIpc) is 3.38. The van der Waals surface area contributed by atoms with Crippen molar-refractivity contribution in [2.24, 2.45) is 0 Å². The molecule has 2 N–H and O–H groups in total. The second-order valence-electron chi connectivity index (χ2n) is 7.66. The molecule has 0 amide bonds. The van der Waals surface area contributed by atoms with Gasteiger partial charge in [0, 0.05) is 28.0 Å². The number of thiocarbonyl (C=S) groups is 1. The molecule has 2 aromatic carbocycles. The first-order chi connectivity index (χ1) is 15.0. The van der Waals surface area contributed by atoms with Crippen LogP contribution in [0.5, 0.6) is 5.75 Å². The number of anilines is 1. The zero-order valence-electron chi connectivity index (χ0n) is 18.1. The molecule has 0 aliphatic carbocycles. The third-order valence-electron chi connectivity index (χ3n) is 5.47. The number of H-pyrrole nitrogens is 1. The lowest BCUT2D eigenvalue weighted by Gasteiger charge is -2.26. The molecule has 0 atom stereocenters. The minimum absolute atomic E-state index is 0.701. The van der Waals surface area contributed by atoms with Crippen LogP contribution in [0.25, 0.3) is 10.9 Å². The Hall–Kier alpha value is -2.83. The van der Waals surface area contributed by atoms with E-state index in [2.05, 4.69) is 64.8 Å². The Morgan fingerprint density at radius 3 is 2.74 bits per heavy atom. The maximum absolute atomic E-state index is 5.84. The fraction of sp³-hybridized carbons (Fsp3) is 0.240. The molecule has 0 unspecified atom stereocenters. The van der Waals surface area contributed by atoms with Crippen molar-refractivity contribution < 1.29 is 4.74 Å². The quantitative estimate of drug-likeness (QED) is 0.325. The van der Waals surface area contributed by atoms with E-state index in [0.717, 1.165) is 30.9 Å². The minimum Gasteiger partial charge on any atom is -0.495 e. The van der Waals surface area contributed by atoms with Gasteiger partial charge in [0.25, 0.3) is 0 Å². The summed E-state index contributed by atoms with van der Waals surface area (Å²) >= 11 is 7.59. The molecule has 2 heterocycles. The van der Waals surface area contributed by atoms with Crippen LogP contribution in [0.2, 0.25) is 0 Å². The van der Waals surface area contributed by atoms with Crippen LogP contribution in [0, 0.1) is 13.8 Å². The molecule has 0 saturated carbocycles. The Kier molecular flexibility index (Phi) is 6.59. The fourth-order valence-electron chi connectivity index (χ4n) is 3.85. The highest BCUT2D eigenvalue weighted by Gasteiger charge is 2.16. The summed E-state index contributed by atoms with van der Waals surface area (Å²) in [7, 11) is 1.68. The molecule has 0 fully saturated rings. The second-order valence-corrected chi connectivity index (χ2v) is 9.08. The number of aryl methyl sites for hydroxylation is 2. The van der Waals surface area contributed by atoms with E-state index in [1.165, 1.54) is 32.6 Å². The number of methoxy groups -OCH3 is 1. The summed E-state index contributed by atoms with van der Waals surface area (Å²) in [4.78, 5) is 7.05. The molecule has 2 aromatic heterocycles. The summed E-state index contributed by atoms with van der Waals surface area (Å²) in [5.41, 5.74) is 5.93. The van der Waals surface area contributed by atoms with Crippen LogP contribution in [0.1, 0.15) is 21.7 Å². The van der Waals surface area contributed by atoms with Crippen LogP contribution in [0.3, 0.4) is 0 Å². The Balaban J connectivity index is 1.56. The van der Waals surface area contributed by atoms with Crippen molar-refractivity contribution in [3.05, 3.63) is 81.7 Å². The first-order valence-electron chi connectivity index (χ1n) is 10.3. The number of para-hydroxylation sites is 2. The molecule has 0 aliphatic rings. The number of aromatic nitrogens is 1. The van der Waals surface area contributed by atoms with Gasteiger partial charge in [0.2, 0.25) is 0 Å². The van der Waals surface area contributed by atoms with Crippen molar-refractivity contribution >= 4 is 45.3 Å². The number of hydrogen-bond donors (Lipinski definition) is 2. The van der Waals surface area contributed by atoms with E-state index < -0.39 is 0 Å². The molecule has 31 heavy (non-hydrogen) atoms.